The van der Waals surface area contributed by atoms with Gasteiger partial charge in [0.2, 0.25) is 0 Å². The van der Waals surface area contributed by atoms with Gasteiger partial charge >= 0.3 is 6.08 Å². The molecule has 7 nitrogen and oxygen atoms in total. The summed E-state index contributed by atoms with van der Waals surface area (Å²) in [6.45, 7) is -0.255. The fraction of sp³-hybridized carbons (Fsp3) is 0.0714. The van der Waals surface area contributed by atoms with Crippen molar-refractivity contribution in [3.63, 3.8) is 0 Å². The standard InChI is InChI=1S/C14H11N3O4/c18-9-5-6-12(15-7-9)17-13(19)8-20-14-16-10-3-1-2-4-11(10)21-14/h1-7,18H,8H2,(H,15,17,19). The van der Waals surface area contributed by atoms with Gasteiger partial charge in [-0.3, -0.25) is 4.79 Å². The van der Waals surface area contributed by atoms with Gasteiger partial charge in [0.25, 0.3) is 5.91 Å². The summed E-state index contributed by atoms with van der Waals surface area (Å²) in [6.07, 6.45) is 1.27. The Morgan fingerprint density at radius 2 is 2.14 bits per heavy atom. The number of rotatable bonds is 4. The number of pyridine rings is 1. The molecule has 0 bridgehead atoms. The molecule has 7 heteroatoms. The summed E-state index contributed by atoms with van der Waals surface area (Å²) in [6, 6.07) is 10.1. The fourth-order valence-electron chi connectivity index (χ4n) is 1.68. The van der Waals surface area contributed by atoms with Crippen molar-refractivity contribution in [2.24, 2.45) is 0 Å². The van der Waals surface area contributed by atoms with E-state index in [2.05, 4.69) is 15.3 Å². The first-order valence-corrected chi connectivity index (χ1v) is 6.14. The zero-order chi connectivity index (χ0) is 14.7. The number of aromatic hydroxyl groups is 1. The van der Waals surface area contributed by atoms with Crippen molar-refractivity contribution in [3.05, 3.63) is 42.6 Å². The smallest absolute Gasteiger partial charge is 0.395 e. The Morgan fingerprint density at radius 3 is 2.90 bits per heavy atom. The average molecular weight is 285 g/mol. The highest BCUT2D eigenvalue weighted by Crippen LogP contribution is 2.19. The Labute approximate surface area is 119 Å². The number of oxazole rings is 1. The quantitative estimate of drug-likeness (QED) is 0.760. The second-order valence-electron chi connectivity index (χ2n) is 4.19. The van der Waals surface area contributed by atoms with E-state index in [1.807, 2.05) is 12.1 Å². The van der Waals surface area contributed by atoms with Gasteiger partial charge in [0.15, 0.2) is 12.2 Å². The number of fused-ring (bicyclic) bond motifs is 1. The summed E-state index contributed by atoms with van der Waals surface area (Å²) in [7, 11) is 0. The lowest BCUT2D eigenvalue weighted by Crippen LogP contribution is -2.20. The number of hydrogen-bond donors (Lipinski definition) is 2. The van der Waals surface area contributed by atoms with Crippen molar-refractivity contribution < 1.29 is 19.1 Å². The molecule has 0 radical (unpaired) electrons. The summed E-state index contributed by atoms with van der Waals surface area (Å²) in [5.74, 6) is -0.0647. The van der Waals surface area contributed by atoms with E-state index in [4.69, 9.17) is 14.3 Å². The van der Waals surface area contributed by atoms with Crippen LogP contribution in [0.1, 0.15) is 0 Å². The zero-order valence-corrected chi connectivity index (χ0v) is 10.8. The van der Waals surface area contributed by atoms with E-state index in [0.717, 1.165) is 0 Å². The molecule has 21 heavy (non-hydrogen) atoms. The first-order valence-electron chi connectivity index (χ1n) is 6.14. The second kappa shape index (κ2) is 5.49. The fourth-order valence-corrected chi connectivity index (χ4v) is 1.68. The molecule has 1 aromatic carbocycles. The van der Waals surface area contributed by atoms with Crippen LogP contribution in [0.5, 0.6) is 11.8 Å². The molecular formula is C14H11N3O4. The lowest BCUT2D eigenvalue weighted by atomic mass is 10.3. The monoisotopic (exact) mass is 285 g/mol. The van der Waals surface area contributed by atoms with E-state index in [1.165, 1.54) is 18.3 Å². The molecule has 2 heterocycles. The van der Waals surface area contributed by atoms with E-state index in [1.54, 1.807) is 12.1 Å². The largest absolute Gasteiger partial charge is 0.506 e. The molecule has 0 spiro atoms. The normalized spacial score (nSPS) is 10.5. The number of carbonyl (C=O) groups excluding carboxylic acids is 1. The third kappa shape index (κ3) is 3.08. The van der Waals surface area contributed by atoms with E-state index in [-0.39, 0.29) is 18.4 Å². The van der Waals surface area contributed by atoms with E-state index in [0.29, 0.717) is 16.9 Å². The molecular weight excluding hydrogens is 274 g/mol. The van der Waals surface area contributed by atoms with Crippen LogP contribution in [0.15, 0.2) is 47.0 Å². The zero-order valence-electron chi connectivity index (χ0n) is 10.8. The lowest BCUT2D eigenvalue weighted by Gasteiger charge is -2.03. The van der Waals surface area contributed by atoms with Crippen molar-refractivity contribution in [3.8, 4) is 11.8 Å². The molecule has 106 valence electrons. The van der Waals surface area contributed by atoms with Gasteiger partial charge in [-0.05, 0) is 24.3 Å². The predicted octanol–water partition coefficient (Wildman–Crippen LogP) is 1.95. The first kappa shape index (κ1) is 12.9. The molecule has 2 aromatic heterocycles. The minimum atomic E-state index is -0.407. The average Bonchev–Trinajstić information content (AvgIpc) is 2.90. The minimum Gasteiger partial charge on any atom is -0.506 e. The topological polar surface area (TPSA) is 97.5 Å². The molecule has 2 N–H and O–H groups in total. The Hall–Kier alpha value is -3.09. The Balaban J connectivity index is 1.59. The van der Waals surface area contributed by atoms with Gasteiger partial charge in [-0.15, -0.1) is 0 Å². The first-order chi connectivity index (χ1) is 10.2. The van der Waals surface area contributed by atoms with Gasteiger partial charge in [-0.1, -0.05) is 12.1 Å². The van der Waals surface area contributed by atoms with Gasteiger partial charge in [0.1, 0.15) is 17.1 Å². The van der Waals surface area contributed by atoms with Gasteiger partial charge in [0, 0.05) is 0 Å². The molecule has 0 aliphatic heterocycles. The molecule has 0 fully saturated rings. The third-order valence-corrected chi connectivity index (χ3v) is 2.62. The van der Waals surface area contributed by atoms with Crippen molar-refractivity contribution in [2.75, 3.05) is 11.9 Å². The van der Waals surface area contributed by atoms with Crippen LogP contribution in [-0.4, -0.2) is 27.6 Å². The molecule has 3 aromatic rings. The van der Waals surface area contributed by atoms with E-state index < -0.39 is 5.91 Å². The molecule has 0 unspecified atom stereocenters. The minimum absolute atomic E-state index is 0.0238. The molecule has 1 amide bonds. The van der Waals surface area contributed by atoms with E-state index in [9.17, 15) is 4.79 Å². The number of amides is 1. The van der Waals surface area contributed by atoms with Crippen molar-refractivity contribution in [1.82, 2.24) is 9.97 Å². The molecule has 0 saturated heterocycles. The maximum absolute atomic E-state index is 11.7. The molecule has 0 aliphatic carbocycles. The van der Waals surface area contributed by atoms with Gasteiger partial charge < -0.3 is 19.6 Å². The van der Waals surface area contributed by atoms with Crippen LogP contribution in [0.3, 0.4) is 0 Å². The van der Waals surface area contributed by atoms with Gasteiger partial charge in [-0.2, -0.15) is 4.98 Å². The highest BCUT2D eigenvalue weighted by molar-refractivity contribution is 5.90. The van der Waals surface area contributed by atoms with Gasteiger partial charge in [0.05, 0.1) is 6.20 Å². The number of nitrogens with zero attached hydrogens (tertiary/aromatic N) is 2. The number of anilines is 1. The third-order valence-electron chi connectivity index (χ3n) is 2.62. The van der Waals surface area contributed by atoms with Gasteiger partial charge in [-0.25, -0.2) is 4.98 Å². The van der Waals surface area contributed by atoms with Crippen LogP contribution in [0, 0.1) is 0 Å². The summed E-state index contributed by atoms with van der Waals surface area (Å²) in [5, 5.41) is 11.6. The summed E-state index contributed by atoms with van der Waals surface area (Å²) >= 11 is 0. The maximum atomic E-state index is 11.7. The number of carbonyl (C=O) groups is 1. The Kier molecular flexibility index (Phi) is 3.38. The van der Waals surface area contributed by atoms with Crippen LogP contribution in [0.25, 0.3) is 11.1 Å². The molecule has 0 atom stereocenters. The van der Waals surface area contributed by atoms with Crippen LogP contribution < -0.4 is 10.1 Å². The highest BCUT2D eigenvalue weighted by Gasteiger charge is 2.09. The SMILES string of the molecule is O=C(COc1nc2ccccc2o1)Nc1ccc(O)cn1. The predicted molar refractivity (Wildman–Crippen MR) is 74.0 cm³/mol. The molecule has 0 aliphatic rings. The number of benzene rings is 1. The second-order valence-corrected chi connectivity index (χ2v) is 4.19. The van der Waals surface area contributed by atoms with Crippen LogP contribution in [0.2, 0.25) is 0 Å². The molecule has 3 rings (SSSR count). The van der Waals surface area contributed by atoms with E-state index >= 15 is 0 Å². The number of ether oxygens (including phenoxy) is 1. The van der Waals surface area contributed by atoms with Crippen molar-refractivity contribution >= 4 is 22.8 Å². The Morgan fingerprint density at radius 1 is 1.29 bits per heavy atom. The van der Waals surface area contributed by atoms with Crippen LogP contribution in [-0.2, 0) is 4.79 Å². The Bertz CT molecular complexity index is 734. The van der Waals surface area contributed by atoms with Crippen LogP contribution in [0.4, 0.5) is 5.82 Å². The van der Waals surface area contributed by atoms with Crippen LogP contribution >= 0.6 is 0 Å². The van der Waals surface area contributed by atoms with Crippen molar-refractivity contribution in [1.29, 1.82) is 0 Å². The number of nitrogens with one attached hydrogen (secondary N) is 1. The summed E-state index contributed by atoms with van der Waals surface area (Å²) in [4.78, 5) is 19.6. The molecule has 0 saturated carbocycles. The maximum Gasteiger partial charge on any atom is 0.395 e. The van der Waals surface area contributed by atoms with Crippen molar-refractivity contribution in [2.45, 2.75) is 0 Å². The number of aromatic nitrogens is 2. The highest BCUT2D eigenvalue weighted by atomic mass is 16.6. The summed E-state index contributed by atoms with van der Waals surface area (Å²) < 4.78 is 10.5. The summed E-state index contributed by atoms with van der Waals surface area (Å²) in [5.41, 5.74) is 1.25. The lowest BCUT2D eigenvalue weighted by molar-refractivity contribution is -0.118. The number of hydrogen-bond acceptors (Lipinski definition) is 6. The number of para-hydroxylation sites is 2.